The van der Waals surface area contributed by atoms with E-state index in [-0.39, 0.29) is 30.6 Å². The molecule has 1 aliphatic rings. The van der Waals surface area contributed by atoms with Gasteiger partial charge >= 0.3 is 0 Å². The van der Waals surface area contributed by atoms with Crippen molar-refractivity contribution in [2.45, 2.75) is 57.2 Å². The molecule has 0 heterocycles. The van der Waals surface area contributed by atoms with E-state index in [2.05, 4.69) is 5.32 Å². The summed E-state index contributed by atoms with van der Waals surface area (Å²) in [6.45, 7) is -0.616. The second-order valence-electron chi connectivity index (χ2n) is 11.1. The van der Waals surface area contributed by atoms with Gasteiger partial charge in [0.15, 0.2) is 11.5 Å². The first-order valence-corrected chi connectivity index (χ1v) is 17.4. The number of carbonyl (C=O) groups excluding carboxylic acids is 2. The number of carbonyl (C=O) groups is 2. The zero-order chi connectivity index (χ0) is 32.6. The predicted octanol–water partition coefficient (Wildman–Crippen LogP) is 5.87. The van der Waals surface area contributed by atoms with Crippen LogP contribution in [-0.4, -0.2) is 64.2 Å². The molecule has 3 aromatic rings. The molecule has 1 aliphatic carbocycles. The van der Waals surface area contributed by atoms with E-state index < -0.39 is 28.5 Å². The summed E-state index contributed by atoms with van der Waals surface area (Å²) in [5.41, 5.74) is 1.62. The van der Waals surface area contributed by atoms with Crippen LogP contribution in [0.1, 0.15) is 43.2 Å². The number of nitrogens with one attached hydrogen (secondary N) is 1. The SMILES string of the molecule is COc1ccc(N(CC(=O)N(Cc2ccc(Cl)cc2Cl)[C@@H](Cc2ccccc2)C(=O)NC2CCCCC2)S(C)(=O)=O)cc1OC. The molecule has 2 amide bonds. The summed E-state index contributed by atoms with van der Waals surface area (Å²) in [4.78, 5) is 29.9. The van der Waals surface area contributed by atoms with Gasteiger partial charge in [-0.3, -0.25) is 13.9 Å². The number of hydrogen-bond acceptors (Lipinski definition) is 6. The lowest BCUT2D eigenvalue weighted by Crippen LogP contribution is -2.55. The maximum Gasteiger partial charge on any atom is 0.244 e. The largest absolute Gasteiger partial charge is 0.493 e. The van der Waals surface area contributed by atoms with Crippen molar-refractivity contribution < 1.29 is 27.5 Å². The number of ether oxygens (including phenoxy) is 2. The summed E-state index contributed by atoms with van der Waals surface area (Å²) >= 11 is 12.7. The Labute approximate surface area is 275 Å². The van der Waals surface area contributed by atoms with E-state index in [0.29, 0.717) is 27.1 Å². The van der Waals surface area contributed by atoms with Gasteiger partial charge in [-0.2, -0.15) is 0 Å². The highest BCUT2D eigenvalue weighted by atomic mass is 35.5. The minimum Gasteiger partial charge on any atom is -0.493 e. The minimum atomic E-state index is -3.96. The van der Waals surface area contributed by atoms with Gasteiger partial charge in [-0.15, -0.1) is 0 Å². The van der Waals surface area contributed by atoms with Crippen LogP contribution < -0.4 is 19.1 Å². The summed E-state index contributed by atoms with van der Waals surface area (Å²) in [7, 11) is -1.05. The van der Waals surface area contributed by atoms with Gasteiger partial charge in [0.1, 0.15) is 12.6 Å². The molecule has 0 aliphatic heterocycles. The Kier molecular flexibility index (Phi) is 12.0. The molecule has 0 unspecified atom stereocenters. The van der Waals surface area contributed by atoms with Crippen molar-refractivity contribution >= 4 is 50.7 Å². The number of anilines is 1. The van der Waals surface area contributed by atoms with Gasteiger partial charge in [0.25, 0.3) is 0 Å². The topological polar surface area (TPSA) is 105 Å². The maximum absolute atomic E-state index is 14.4. The van der Waals surface area contributed by atoms with Crippen molar-refractivity contribution in [3.63, 3.8) is 0 Å². The Morgan fingerprint density at radius 3 is 2.24 bits per heavy atom. The Bertz CT molecular complexity index is 1580. The van der Waals surface area contributed by atoms with Gasteiger partial charge < -0.3 is 19.7 Å². The molecule has 1 fully saturated rings. The number of nitrogens with zero attached hydrogens (tertiary/aromatic N) is 2. The molecule has 0 spiro atoms. The quantitative estimate of drug-likeness (QED) is 0.243. The first-order chi connectivity index (χ1) is 21.5. The summed E-state index contributed by atoms with van der Waals surface area (Å²) < 4.78 is 37.9. The summed E-state index contributed by atoms with van der Waals surface area (Å²) in [5, 5.41) is 3.93. The van der Waals surface area contributed by atoms with Crippen LogP contribution in [0.4, 0.5) is 5.69 Å². The first kappa shape index (κ1) is 34.4. The lowest BCUT2D eigenvalue weighted by molar-refractivity contribution is -0.140. The molecule has 1 saturated carbocycles. The van der Waals surface area contributed by atoms with Crippen LogP contribution in [0.25, 0.3) is 0 Å². The van der Waals surface area contributed by atoms with E-state index in [1.807, 2.05) is 30.3 Å². The number of benzene rings is 3. The predicted molar refractivity (Wildman–Crippen MR) is 178 cm³/mol. The van der Waals surface area contributed by atoms with Gasteiger partial charge in [0.2, 0.25) is 21.8 Å². The Morgan fingerprint density at radius 1 is 0.933 bits per heavy atom. The summed E-state index contributed by atoms with van der Waals surface area (Å²) in [5.74, 6) is -0.181. The van der Waals surface area contributed by atoms with Crippen molar-refractivity contribution in [3.05, 3.63) is 87.9 Å². The molecular weight excluding hydrogens is 637 g/mol. The second-order valence-corrected chi connectivity index (χ2v) is 13.9. The van der Waals surface area contributed by atoms with Gasteiger partial charge in [0.05, 0.1) is 26.2 Å². The number of amides is 2. The van der Waals surface area contributed by atoms with Crippen LogP contribution in [0.5, 0.6) is 11.5 Å². The van der Waals surface area contributed by atoms with Crippen molar-refractivity contribution in [1.29, 1.82) is 0 Å². The van der Waals surface area contributed by atoms with E-state index in [9.17, 15) is 18.0 Å². The molecule has 12 heteroatoms. The fourth-order valence-electron chi connectivity index (χ4n) is 5.53. The van der Waals surface area contributed by atoms with Gasteiger partial charge in [0, 0.05) is 35.1 Å². The van der Waals surface area contributed by atoms with E-state index in [1.54, 1.807) is 24.3 Å². The van der Waals surface area contributed by atoms with E-state index in [4.69, 9.17) is 32.7 Å². The van der Waals surface area contributed by atoms with Crippen molar-refractivity contribution in [2.75, 3.05) is 31.3 Å². The van der Waals surface area contributed by atoms with Crippen LogP contribution in [-0.2, 0) is 32.6 Å². The molecule has 4 rings (SSSR count). The highest BCUT2D eigenvalue weighted by Crippen LogP contribution is 2.33. The smallest absolute Gasteiger partial charge is 0.244 e. The Hall–Kier alpha value is -3.47. The number of methoxy groups -OCH3 is 2. The average molecular weight is 677 g/mol. The van der Waals surface area contributed by atoms with E-state index in [0.717, 1.165) is 48.2 Å². The molecule has 45 heavy (non-hydrogen) atoms. The van der Waals surface area contributed by atoms with Gasteiger partial charge in [-0.25, -0.2) is 8.42 Å². The average Bonchev–Trinajstić information content (AvgIpc) is 3.02. The van der Waals surface area contributed by atoms with Crippen molar-refractivity contribution in [3.8, 4) is 11.5 Å². The van der Waals surface area contributed by atoms with E-state index >= 15 is 0 Å². The van der Waals surface area contributed by atoms with Crippen LogP contribution in [0.2, 0.25) is 10.0 Å². The third-order valence-corrected chi connectivity index (χ3v) is 9.64. The van der Waals surface area contributed by atoms with Crippen molar-refractivity contribution in [2.24, 2.45) is 0 Å². The monoisotopic (exact) mass is 675 g/mol. The zero-order valence-corrected chi connectivity index (χ0v) is 28.0. The molecule has 0 radical (unpaired) electrons. The van der Waals surface area contributed by atoms with Crippen LogP contribution >= 0.6 is 23.2 Å². The molecule has 242 valence electrons. The number of rotatable bonds is 13. The van der Waals surface area contributed by atoms with Crippen molar-refractivity contribution in [1.82, 2.24) is 10.2 Å². The van der Waals surface area contributed by atoms with Crippen LogP contribution in [0.15, 0.2) is 66.7 Å². The molecule has 0 saturated heterocycles. The number of hydrogen-bond donors (Lipinski definition) is 1. The molecule has 1 N–H and O–H groups in total. The zero-order valence-electron chi connectivity index (χ0n) is 25.7. The Balaban J connectivity index is 1.76. The van der Waals surface area contributed by atoms with Gasteiger partial charge in [-0.05, 0) is 48.2 Å². The molecule has 9 nitrogen and oxygen atoms in total. The Morgan fingerprint density at radius 2 is 1.62 bits per heavy atom. The normalized spacial score (nSPS) is 14.3. The molecule has 3 aromatic carbocycles. The van der Waals surface area contributed by atoms with Gasteiger partial charge in [-0.1, -0.05) is 78.9 Å². The van der Waals surface area contributed by atoms with Crippen LogP contribution in [0.3, 0.4) is 0 Å². The molecule has 1 atom stereocenters. The highest BCUT2D eigenvalue weighted by Gasteiger charge is 2.34. The summed E-state index contributed by atoms with van der Waals surface area (Å²) in [6, 6.07) is 18.0. The lowest BCUT2D eigenvalue weighted by atomic mass is 9.94. The van der Waals surface area contributed by atoms with Crippen LogP contribution in [0, 0.1) is 0 Å². The highest BCUT2D eigenvalue weighted by molar-refractivity contribution is 7.92. The lowest BCUT2D eigenvalue weighted by Gasteiger charge is -2.35. The standard InChI is InChI=1S/C33H39Cl2N3O6S/c1-43-30-17-16-27(20-31(30)44-2)38(45(3,41)42)22-32(39)37(21-24-14-15-25(34)19-28(24)35)29(18-23-10-6-4-7-11-23)33(40)36-26-12-8-5-9-13-26/h4,6-7,10-11,14-17,19-20,26,29H,5,8-9,12-13,18,21-22H2,1-3H3,(H,36,40)/t29-/m0/s1. The fraction of sp³-hybridized carbons (Fsp3) is 0.394. The number of halogens is 2. The first-order valence-electron chi connectivity index (χ1n) is 14.8. The maximum atomic E-state index is 14.4. The molecule has 0 aromatic heterocycles. The molecular formula is C33H39Cl2N3O6S. The minimum absolute atomic E-state index is 0.000114. The number of sulfonamides is 1. The third kappa shape index (κ3) is 9.28. The van der Waals surface area contributed by atoms with E-state index in [1.165, 1.54) is 31.3 Å². The summed E-state index contributed by atoms with van der Waals surface area (Å²) in [6.07, 6.45) is 6.12. The third-order valence-electron chi connectivity index (χ3n) is 7.91. The molecule has 0 bridgehead atoms. The fourth-order valence-corrected chi connectivity index (χ4v) is 6.84. The second kappa shape index (κ2) is 15.7.